The molecule has 1 amide bonds. The van der Waals surface area contributed by atoms with Gasteiger partial charge >= 0.3 is 5.97 Å². The fourth-order valence-electron chi connectivity index (χ4n) is 4.16. The van der Waals surface area contributed by atoms with Crippen molar-refractivity contribution in [3.8, 4) is 5.69 Å². The number of aliphatic carboxylic acids is 1. The van der Waals surface area contributed by atoms with E-state index in [1.807, 2.05) is 19.1 Å². The molecule has 1 aliphatic rings. The second-order valence-corrected chi connectivity index (χ2v) is 8.30. The van der Waals surface area contributed by atoms with Gasteiger partial charge in [-0.1, -0.05) is 30.9 Å². The van der Waals surface area contributed by atoms with Crippen LogP contribution in [0.25, 0.3) is 5.69 Å². The molecule has 0 unspecified atom stereocenters. The molecule has 1 saturated carbocycles. The van der Waals surface area contributed by atoms with Crippen molar-refractivity contribution in [3.05, 3.63) is 70.8 Å². The number of carboxylic acids is 1. The number of anilines is 1. The normalized spacial score (nSPS) is 15.4. The van der Waals surface area contributed by atoms with E-state index in [1.54, 1.807) is 28.9 Å². The number of halogens is 1. The number of carbonyl (C=O) groups excluding carboxylic acids is 1. The van der Waals surface area contributed by atoms with Crippen LogP contribution in [-0.4, -0.2) is 31.7 Å². The molecular formula is C23H23ClN4O3. The van der Waals surface area contributed by atoms with Crippen molar-refractivity contribution in [1.29, 1.82) is 0 Å². The Morgan fingerprint density at radius 3 is 2.39 bits per heavy atom. The molecule has 0 aliphatic heterocycles. The molecule has 31 heavy (non-hydrogen) atoms. The summed E-state index contributed by atoms with van der Waals surface area (Å²) in [6.07, 6.45) is 7.02. The summed E-state index contributed by atoms with van der Waals surface area (Å²) in [6.45, 7) is 1.82. The Balaban J connectivity index is 1.52. The number of hydrogen-bond acceptors (Lipinski definition) is 4. The maximum absolute atomic E-state index is 12.8. The molecular weight excluding hydrogens is 416 g/mol. The van der Waals surface area contributed by atoms with Crippen LogP contribution < -0.4 is 5.32 Å². The zero-order chi connectivity index (χ0) is 22.0. The van der Waals surface area contributed by atoms with E-state index in [2.05, 4.69) is 15.4 Å². The molecule has 1 fully saturated rings. The Bertz CT molecular complexity index is 1100. The standard InChI is InChI=1S/C23H23ClN4O3/c1-15-19(14-26-28(15)18-8-5-16(24)6-9-18)21(29)27-17-7-10-20(25-13-17)23(22(30)31)11-3-2-4-12-23/h5-10,13-14H,2-4,11-12H2,1H3,(H,27,29)(H,30,31). The molecule has 0 spiro atoms. The molecule has 160 valence electrons. The van der Waals surface area contributed by atoms with Crippen molar-refractivity contribution in [1.82, 2.24) is 14.8 Å². The van der Waals surface area contributed by atoms with Crippen molar-refractivity contribution < 1.29 is 14.7 Å². The van der Waals surface area contributed by atoms with Gasteiger partial charge in [-0.25, -0.2) is 4.68 Å². The predicted octanol–water partition coefficient (Wildman–Crippen LogP) is 4.77. The number of aromatic nitrogens is 3. The van der Waals surface area contributed by atoms with Crippen LogP contribution in [0.5, 0.6) is 0 Å². The number of hydrogen-bond donors (Lipinski definition) is 2. The van der Waals surface area contributed by atoms with E-state index in [1.165, 1.54) is 12.4 Å². The van der Waals surface area contributed by atoms with Crippen LogP contribution in [-0.2, 0) is 10.2 Å². The molecule has 0 radical (unpaired) electrons. The number of pyridine rings is 1. The number of nitrogens with one attached hydrogen (secondary N) is 1. The highest BCUT2D eigenvalue weighted by Gasteiger charge is 2.42. The van der Waals surface area contributed by atoms with Gasteiger partial charge < -0.3 is 10.4 Å². The second-order valence-electron chi connectivity index (χ2n) is 7.87. The van der Waals surface area contributed by atoms with E-state index in [4.69, 9.17) is 11.6 Å². The lowest BCUT2D eigenvalue weighted by Crippen LogP contribution is -2.38. The Morgan fingerprint density at radius 1 is 1.06 bits per heavy atom. The fourth-order valence-corrected chi connectivity index (χ4v) is 4.29. The Kier molecular flexibility index (Phi) is 5.78. The van der Waals surface area contributed by atoms with Crippen LogP contribution in [0.2, 0.25) is 5.02 Å². The Labute approximate surface area is 185 Å². The lowest BCUT2D eigenvalue weighted by atomic mass is 9.71. The summed E-state index contributed by atoms with van der Waals surface area (Å²) in [4.78, 5) is 29.2. The molecule has 1 aliphatic carbocycles. The van der Waals surface area contributed by atoms with Crippen LogP contribution in [0.15, 0.2) is 48.8 Å². The summed E-state index contributed by atoms with van der Waals surface area (Å²) in [5.74, 6) is -1.14. The lowest BCUT2D eigenvalue weighted by molar-refractivity contribution is -0.145. The monoisotopic (exact) mass is 438 g/mol. The molecule has 1 aromatic carbocycles. The fraction of sp³-hybridized carbons (Fsp3) is 0.304. The first kappa shape index (κ1) is 21.1. The molecule has 2 heterocycles. The second kappa shape index (κ2) is 8.51. The van der Waals surface area contributed by atoms with Gasteiger partial charge in [0.2, 0.25) is 0 Å². The highest BCUT2D eigenvalue weighted by Crippen LogP contribution is 2.39. The van der Waals surface area contributed by atoms with E-state index in [-0.39, 0.29) is 5.91 Å². The quantitative estimate of drug-likeness (QED) is 0.598. The van der Waals surface area contributed by atoms with Crippen LogP contribution in [0.1, 0.15) is 53.8 Å². The van der Waals surface area contributed by atoms with Crippen molar-refractivity contribution >= 4 is 29.2 Å². The highest BCUT2D eigenvalue weighted by molar-refractivity contribution is 6.30. The van der Waals surface area contributed by atoms with E-state index in [0.29, 0.717) is 40.5 Å². The van der Waals surface area contributed by atoms with Crippen molar-refractivity contribution in [2.24, 2.45) is 0 Å². The lowest BCUT2D eigenvalue weighted by Gasteiger charge is -2.32. The van der Waals surface area contributed by atoms with Gasteiger partial charge in [-0.2, -0.15) is 5.10 Å². The third kappa shape index (κ3) is 4.05. The number of nitrogens with zero attached hydrogens (tertiary/aromatic N) is 3. The molecule has 0 bridgehead atoms. The average molecular weight is 439 g/mol. The minimum atomic E-state index is -0.933. The van der Waals surface area contributed by atoms with Crippen LogP contribution in [0, 0.1) is 6.92 Å². The Morgan fingerprint density at radius 2 is 1.77 bits per heavy atom. The van der Waals surface area contributed by atoms with Gasteiger partial charge in [-0.3, -0.25) is 14.6 Å². The smallest absolute Gasteiger partial charge is 0.315 e. The molecule has 0 saturated heterocycles. The van der Waals surface area contributed by atoms with Gasteiger partial charge in [-0.15, -0.1) is 0 Å². The van der Waals surface area contributed by atoms with E-state index < -0.39 is 11.4 Å². The van der Waals surface area contributed by atoms with Gasteiger partial charge in [0.25, 0.3) is 5.91 Å². The van der Waals surface area contributed by atoms with Gasteiger partial charge in [0.05, 0.1) is 40.7 Å². The zero-order valence-electron chi connectivity index (χ0n) is 17.1. The van der Waals surface area contributed by atoms with Gasteiger partial charge in [0, 0.05) is 5.02 Å². The molecule has 4 rings (SSSR count). The number of rotatable bonds is 5. The molecule has 0 atom stereocenters. The van der Waals surface area contributed by atoms with E-state index in [9.17, 15) is 14.7 Å². The maximum Gasteiger partial charge on any atom is 0.315 e. The van der Waals surface area contributed by atoms with Crippen LogP contribution >= 0.6 is 11.6 Å². The summed E-state index contributed by atoms with van der Waals surface area (Å²) in [5, 5.41) is 17.6. The zero-order valence-corrected chi connectivity index (χ0v) is 17.9. The van der Waals surface area contributed by atoms with Crippen molar-refractivity contribution in [2.75, 3.05) is 5.32 Å². The van der Waals surface area contributed by atoms with E-state index >= 15 is 0 Å². The first-order valence-electron chi connectivity index (χ1n) is 10.2. The largest absolute Gasteiger partial charge is 0.481 e. The predicted molar refractivity (Wildman–Crippen MR) is 118 cm³/mol. The average Bonchev–Trinajstić information content (AvgIpc) is 3.16. The highest BCUT2D eigenvalue weighted by atomic mass is 35.5. The summed E-state index contributed by atoms with van der Waals surface area (Å²) >= 11 is 5.94. The van der Waals surface area contributed by atoms with Gasteiger partial charge in [0.1, 0.15) is 5.41 Å². The molecule has 8 heteroatoms. The minimum Gasteiger partial charge on any atom is -0.481 e. The summed E-state index contributed by atoms with van der Waals surface area (Å²) in [5.41, 5.74) is 2.05. The summed E-state index contributed by atoms with van der Waals surface area (Å²) in [7, 11) is 0. The van der Waals surface area contributed by atoms with Crippen LogP contribution in [0.3, 0.4) is 0 Å². The number of carboxylic acid groups (broad SMARTS) is 1. The summed E-state index contributed by atoms with van der Waals surface area (Å²) in [6, 6.07) is 10.6. The van der Waals surface area contributed by atoms with E-state index in [0.717, 1.165) is 24.9 Å². The van der Waals surface area contributed by atoms with Crippen molar-refractivity contribution in [3.63, 3.8) is 0 Å². The van der Waals surface area contributed by atoms with Crippen molar-refractivity contribution in [2.45, 2.75) is 44.4 Å². The van der Waals surface area contributed by atoms with Gasteiger partial charge in [0.15, 0.2) is 0 Å². The number of amides is 1. The Hall–Kier alpha value is -3.19. The maximum atomic E-state index is 12.8. The SMILES string of the molecule is Cc1c(C(=O)Nc2ccc(C3(C(=O)O)CCCCC3)nc2)cnn1-c1ccc(Cl)cc1. The molecule has 2 N–H and O–H groups in total. The third-order valence-electron chi connectivity index (χ3n) is 5.95. The first-order valence-corrected chi connectivity index (χ1v) is 10.6. The number of carbonyl (C=O) groups is 2. The molecule has 3 aromatic rings. The third-order valence-corrected chi connectivity index (χ3v) is 6.21. The van der Waals surface area contributed by atoms with Gasteiger partial charge in [-0.05, 0) is 56.2 Å². The minimum absolute atomic E-state index is 0.308. The van der Waals surface area contributed by atoms with Crippen LogP contribution in [0.4, 0.5) is 5.69 Å². The number of benzene rings is 1. The molecule has 7 nitrogen and oxygen atoms in total. The topological polar surface area (TPSA) is 97.1 Å². The summed E-state index contributed by atoms with van der Waals surface area (Å²) < 4.78 is 1.67. The molecule has 2 aromatic heterocycles. The first-order chi connectivity index (χ1) is 14.9.